The van der Waals surface area contributed by atoms with Gasteiger partial charge in [-0.15, -0.1) is 12.4 Å². The third kappa shape index (κ3) is 5.28. The predicted octanol–water partition coefficient (Wildman–Crippen LogP) is 4.26. The van der Waals surface area contributed by atoms with Gasteiger partial charge in [0.05, 0.1) is 5.75 Å². The first kappa shape index (κ1) is 25.0. The van der Waals surface area contributed by atoms with E-state index in [0.29, 0.717) is 6.42 Å². The highest BCUT2D eigenvalue weighted by atomic mass is 35.5. The molecule has 1 aliphatic carbocycles. The molecule has 1 fully saturated rings. The Balaban J connectivity index is 0.00000289. The van der Waals surface area contributed by atoms with Crippen molar-refractivity contribution in [3.8, 4) is 5.75 Å². The summed E-state index contributed by atoms with van der Waals surface area (Å²) in [7, 11) is -3.22. The van der Waals surface area contributed by atoms with Crippen molar-refractivity contribution in [2.75, 3.05) is 25.4 Å². The summed E-state index contributed by atoms with van der Waals surface area (Å²) in [4.78, 5) is 0. The Kier molecular flexibility index (Phi) is 8.20. The Morgan fingerprint density at radius 1 is 1.19 bits per heavy atom. The van der Waals surface area contributed by atoms with Crippen LogP contribution in [0.2, 0.25) is 0 Å². The molecule has 0 aromatic heterocycles. The van der Waals surface area contributed by atoms with E-state index < -0.39 is 10.0 Å². The maximum Gasteiger partial charge on any atom is 0.211 e. The molecule has 0 bridgehead atoms. The van der Waals surface area contributed by atoms with E-state index >= 15 is 0 Å². The number of fused-ring (bicyclic) bond motifs is 1. The minimum absolute atomic E-state index is 0. The van der Waals surface area contributed by atoms with Gasteiger partial charge in [0.25, 0.3) is 0 Å². The van der Waals surface area contributed by atoms with Crippen molar-refractivity contribution in [3.05, 3.63) is 65.0 Å². The second-order valence-electron chi connectivity index (χ2n) is 8.58. The van der Waals surface area contributed by atoms with Gasteiger partial charge in [0.1, 0.15) is 18.2 Å². The lowest BCUT2D eigenvalue weighted by atomic mass is 9.58. The lowest BCUT2D eigenvalue weighted by Crippen LogP contribution is -2.49. The number of sulfonamides is 1. The van der Waals surface area contributed by atoms with Crippen LogP contribution >= 0.6 is 12.4 Å². The monoisotopic (exact) mass is 482 g/mol. The largest absolute Gasteiger partial charge is 0.492 e. The van der Waals surface area contributed by atoms with E-state index in [0.717, 1.165) is 31.6 Å². The van der Waals surface area contributed by atoms with E-state index in [1.807, 2.05) is 25.1 Å². The van der Waals surface area contributed by atoms with E-state index in [2.05, 4.69) is 22.2 Å². The van der Waals surface area contributed by atoms with Gasteiger partial charge in [0.2, 0.25) is 10.0 Å². The van der Waals surface area contributed by atoms with Crippen LogP contribution in [0.25, 0.3) is 0 Å². The summed E-state index contributed by atoms with van der Waals surface area (Å²) < 4.78 is 45.5. The molecule has 2 aromatic carbocycles. The SMILES string of the molecule is CCCS(=O)(=O)NCCOc1ccc2c(c1)C(C1(c3ccc(F)cc3)CCC1)NCC2.Cl. The Morgan fingerprint density at radius 3 is 2.59 bits per heavy atom. The Hall–Kier alpha value is -1.67. The van der Waals surface area contributed by atoms with Gasteiger partial charge >= 0.3 is 0 Å². The van der Waals surface area contributed by atoms with Crippen molar-refractivity contribution < 1.29 is 17.5 Å². The zero-order valence-corrected chi connectivity index (χ0v) is 20.0. The van der Waals surface area contributed by atoms with Gasteiger partial charge in [-0.1, -0.05) is 31.5 Å². The molecule has 1 saturated carbocycles. The second-order valence-corrected chi connectivity index (χ2v) is 10.5. The van der Waals surface area contributed by atoms with Gasteiger partial charge in [-0.2, -0.15) is 0 Å². The quantitative estimate of drug-likeness (QED) is 0.524. The molecule has 32 heavy (non-hydrogen) atoms. The third-order valence-electron chi connectivity index (χ3n) is 6.55. The highest BCUT2D eigenvalue weighted by Gasteiger charge is 2.47. The van der Waals surface area contributed by atoms with Gasteiger partial charge in [0, 0.05) is 18.0 Å². The highest BCUT2D eigenvalue weighted by molar-refractivity contribution is 7.89. The Bertz CT molecular complexity index is 1010. The molecule has 2 N–H and O–H groups in total. The molecular formula is C24H32ClFN2O3S. The van der Waals surface area contributed by atoms with Crippen molar-refractivity contribution >= 4 is 22.4 Å². The van der Waals surface area contributed by atoms with Crippen LogP contribution in [0, 0.1) is 5.82 Å². The molecular weight excluding hydrogens is 451 g/mol. The van der Waals surface area contributed by atoms with E-state index in [9.17, 15) is 12.8 Å². The summed E-state index contributed by atoms with van der Waals surface area (Å²) in [5, 5.41) is 3.72. The third-order valence-corrected chi connectivity index (χ3v) is 8.14. The minimum atomic E-state index is -3.22. The smallest absolute Gasteiger partial charge is 0.211 e. The molecule has 1 heterocycles. The van der Waals surface area contributed by atoms with E-state index in [-0.39, 0.29) is 48.6 Å². The Morgan fingerprint density at radius 2 is 1.94 bits per heavy atom. The maximum absolute atomic E-state index is 13.5. The molecule has 1 unspecified atom stereocenters. The van der Waals surface area contributed by atoms with Crippen molar-refractivity contribution in [2.45, 2.75) is 50.5 Å². The molecule has 4 rings (SSSR count). The van der Waals surface area contributed by atoms with Crippen LogP contribution in [0.1, 0.15) is 55.3 Å². The van der Waals surface area contributed by atoms with Gasteiger partial charge in [0.15, 0.2) is 0 Å². The number of rotatable bonds is 9. The summed E-state index contributed by atoms with van der Waals surface area (Å²) in [6.45, 7) is 3.29. The molecule has 0 spiro atoms. The zero-order chi connectivity index (χ0) is 21.9. The average Bonchev–Trinajstić information content (AvgIpc) is 2.72. The van der Waals surface area contributed by atoms with E-state index in [1.165, 1.54) is 23.1 Å². The van der Waals surface area contributed by atoms with Crippen LogP contribution in [-0.4, -0.2) is 33.9 Å². The van der Waals surface area contributed by atoms with Gasteiger partial charge in [-0.05, 0) is 73.2 Å². The number of hydrogen-bond donors (Lipinski definition) is 2. The maximum atomic E-state index is 13.5. The zero-order valence-electron chi connectivity index (χ0n) is 18.4. The van der Waals surface area contributed by atoms with Crippen LogP contribution in [0.5, 0.6) is 5.75 Å². The Labute approximate surface area is 196 Å². The first-order valence-electron chi connectivity index (χ1n) is 11.2. The number of hydrogen-bond acceptors (Lipinski definition) is 4. The summed E-state index contributed by atoms with van der Waals surface area (Å²) in [6.07, 6.45) is 4.85. The fourth-order valence-corrected chi connectivity index (χ4v) is 5.98. The molecule has 8 heteroatoms. The van der Waals surface area contributed by atoms with Gasteiger partial charge < -0.3 is 10.1 Å². The molecule has 0 amide bonds. The molecule has 1 atom stereocenters. The number of nitrogens with one attached hydrogen (secondary N) is 2. The minimum Gasteiger partial charge on any atom is -0.492 e. The summed E-state index contributed by atoms with van der Waals surface area (Å²) in [5.41, 5.74) is 3.70. The van der Waals surface area contributed by atoms with Gasteiger partial charge in [-0.3, -0.25) is 0 Å². The fourth-order valence-electron chi connectivity index (χ4n) is 4.90. The summed E-state index contributed by atoms with van der Waals surface area (Å²) in [6, 6.07) is 13.3. The molecule has 2 aromatic rings. The number of ether oxygens (including phenoxy) is 1. The van der Waals surface area contributed by atoms with Crippen LogP contribution in [0.3, 0.4) is 0 Å². The number of halogens is 2. The van der Waals surface area contributed by atoms with Crippen molar-refractivity contribution in [1.82, 2.24) is 10.0 Å². The lowest BCUT2D eigenvalue weighted by Gasteiger charge is -2.50. The molecule has 1 aliphatic heterocycles. The summed E-state index contributed by atoms with van der Waals surface area (Å²) in [5.74, 6) is 0.668. The van der Waals surface area contributed by atoms with Crippen LogP contribution < -0.4 is 14.8 Å². The molecule has 0 radical (unpaired) electrons. The van der Waals surface area contributed by atoms with Gasteiger partial charge in [-0.25, -0.2) is 17.5 Å². The molecule has 2 aliphatic rings. The van der Waals surface area contributed by atoms with Crippen LogP contribution in [-0.2, 0) is 21.9 Å². The first-order chi connectivity index (χ1) is 14.9. The van der Waals surface area contributed by atoms with Crippen LogP contribution in [0.4, 0.5) is 4.39 Å². The van der Waals surface area contributed by atoms with E-state index in [1.54, 1.807) is 12.1 Å². The normalized spacial score (nSPS) is 19.4. The fraction of sp³-hybridized carbons (Fsp3) is 0.500. The average molecular weight is 483 g/mol. The second kappa shape index (κ2) is 10.5. The number of benzene rings is 2. The van der Waals surface area contributed by atoms with Crippen molar-refractivity contribution in [2.24, 2.45) is 0 Å². The topological polar surface area (TPSA) is 67.4 Å². The first-order valence-corrected chi connectivity index (χ1v) is 12.8. The lowest BCUT2D eigenvalue weighted by molar-refractivity contribution is 0.164. The molecule has 0 saturated heterocycles. The van der Waals surface area contributed by atoms with Crippen molar-refractivity contribution in [1.29, 1.82) is 0 Å². The summed E-state index contributed by atoms with van der Waals surface area (Å²) >= 11 is 0. The van der Waals surface area contributed by atoms with Crippen molar-refractivity contribution in [3.63, 3.8) is 0 Å². The van der Waals surface area contributed by atoms with E-state index in [4.69, 9.17) is 4.74 Å². The highest BCUT2D eigenvalue weighted by Crippen LogP contribution is 2.53. The molecule has 176 valence electrons. The van der Waals surface area contributed by atoms with Crippen LogP contribution in [0.15, 0.2) is 42.5 Å². The molecule has 5 nitrogen and oxygen atoms in total. The standard InChI is InChI=1S/C24H31FN2O3S.ClH/c1-2-16-31(28,29)27-14-15-30-21-9-4-18-10-13-26-23(22(18)17-21)24(11-3-12-24)19-5-7-20(25)8-6-19;/h4-9,17,23,26-27H,2-3,10-16H2,1H3;1H. The predicted molar refractivity (Wildman–Crippen MR) is 128 cm³/mol.